The molecule has 2 N–H and O–H groups in total. The second-order valence-electron chi connectivity index (χ2n) is 7.71. The first-order valence-electron chi connectivity index (χ1n) is 8.48. The smallest absolute Gasteiger partial charge is 0.218 e. The molecule has 25 heavy (non-hydrogen) atoms. The molecule has 0 fully saturated rings. The van der Waals surface area contributed by atoms with Crippen LogP contribution < -0.4 is 10.6 Å². The Kier molecular flexibility index (Phi) is 5.70. The van der Waals surface area contributed by atoms with Crippen molar-refractivity contribution < 1.29 is 9.22 Å². The average Bonchev–Trinajstić information content (AvgIpc) is 2.55. The first kappa shape index (κ1) is 19.2. The van der Waals surface area contributed by atoms with Gasteiger partial charge in [0.2, 0.25) is 6.41 Å². The van der Waals surface area contributed by atoms with Crippen LogP contribution in [0.4, 0.5) is 17.1 Å². The average molecular weight is 357 g/mol. The third-order valence-corrected chi connectivity index (χ3v) is 9.43. The summed E-state index contributed by atoms with van der Waals surface area (Å²) in [5.74, 6) is 0. The lowest BCUT2D eigenvalue weighted by Gasteiger charge is -2.36. The van der Waals surface area contributed by atoms with Gasteiger partial charge in [0.1, 0.15) is 0 Å². The predicted octanol–water partition coefficient (Wildman–Crippen LogP) is 5.09. The predicted molar refractivity (Wildman–Crippen MR) is 107 cm³/mol. The zero-order valence-electron chi connectivity index (χ0n) is 15.7. The zero-order valence-corrected chi connectivity index (χ0v) is 16.7. The van der Waals surface area contributed by atoms with Crippen molar-refractivity contribution in [3.8, 4) is 0 Å². The maximum absolute atomic E-state index is 11.8. The molecule has 0 saturated carbocycles. The third-order valence-electron chi connectivity index (χ3n) is 4.95. The highest BCUT2D eigenvalue weighted by atomic mass is 28.4. The van der Waals surface area contributed by atoms with E-state index in [-0.39, 0.29) is 5.04 Å². The largest absolute Gasteiger partial charge is 0.412 e. The lowest BCUT2D eigenvalue weighted by molar-refractivity contribution is -0.106. The zero-order chi connectivity index (χ0) is 18.7. The summed E-state index contributed by atoms with van der Waals surface area (Å²) in [6.45, 7) is 11.6. The normalized spacial score (nSPS) is 12.0. The fourth-order valence-corrected chi connectivity index (χ4v) is 3.24. The summed E-state index contributed by atoms with van der Waals surface area (Å²) in [4.78, 5) is 13.4. The fraction of sp³-hybridized carbons (Fsp3) is 0.350. The number of hydrogen-bond acceptors (Lipinski definition) is 3. The van der Waals surface area contributed by atoms with Gasteiger partial charge in [0.05, 0.1) is 23.7 Å². The Hall–Kier alpha value is -2.11. The Morgan fingerprint density at radius 2 is 1.60 bits per heavy atom. The van der Waals surface area contributed by atoms with Gasteiger partial charge < -0.3 is 10.2 Å². The highest BCUT2D eigenvalue weighted by molar-refractivity contribution is 6.74. The van der Waals surface area contributed by atoms with Crippen LogP contribution in [0.15, 0.2) is 48.5 Å². The Morgan fingerprint density at radius 1 is 1.04 bits per heavy atom. The van der Waals surface area contributed by atoms with Crippen LogP contribution in [-0.2, 0) is 15.8 Å². The molecule has 0 radical (unpaired) electrons. The number of nitrogens with zero attached hydrogens (tertiary/aromatic N) is 1. The molecule has 0 aromatic heterocycles. The molecule has 0 unspecified atom stereocenters. The summed E-state index contributed by atoms with van der Waals surface area (Å²) in [7, 11) is -1.88. The minimum absolute atomic E-state index is 0.135. The number of rotatable bonds is 6. The lowest BCUT2D eigenvalue weighted by Crippen LogP contribution is -2.40. The summed E-state index contributed by atoms with van der Waals surface area (Å²) in [6, 6.07) is 15.2. The molecule has 0 bridgehead atoms. The van der Waals surface area contributed by atoms with Gasteiger partial charge >= 0.3 is 0 Å². The van der Waals surface area contributed by atoms with Crippen molar-refractivity contribution in [3.63, 3.8) is 0 Å². The van der Waals surface area contributed by atoms with Crippen LogP contribution in [0.3, 0.4) is 0 Å². The van der Waals surface area contributed by atoms with Gasteiger partial charge in [-0.3, -0.25) is 9.69 Å². The molecular formula is C20H28N2O2Si. The molecule has 0 aliphatic heterocycles. The molecule has 2 rings (SSSR count). The number of hydrogen-bond donors (Lipinski definition) is 1. The molecule has 0 saturated heterocycles. The first-order valence-corrected chi connectivity index (χ1v) is 11.4. The molecule has 5 heteroatoms. The quantitative estimate of drug-likeness (QED) is 0.446. The van der Waals surface area contributed by atoms with Gasteiger partial charge in [-0.05, 0) is 36.3 Å². The molecule has 0 heterocycles. The van der Waals surface area contributed by atoms with Crippen molar-refractivity contribution in [1.82, 2.24) is 0 Å². The summed E-state index contributed by atoms with van der Waals surface area (Å²) in [6.07, 6.45) is 0.802. The van der Waals surface area contributed by atoms with Crippen LogP contribution in [0, 0.1) is 0 Å². The maximum atomic E-state index is 11.8. The van der Waals surface area contributed by atoms with E-state index < -0.39 is 8.32 Å². The maximum Gasteiger partial charge on any atom is 0.218 e. The van der Waals surface area contributed by atoms with E-state index >= 15 is 0 Å². The Morgan fingerprint density at radius 3 is 2.16 bits per heavy atom. The van der Waals surface area contributed by atoms with Gasteiger partial charge in [0.15, 0.2) is 8.32 Å². The van der Waals surface area contributed by atoms with E-state index in [0.717, 1.165) is 17.7 Å². The van der Waals surface area contributed by atoms with Crippen molar-refractivity contribution in [1.29, 1.82) is 0 Å². The van der Waals surface area contributed by atoms with Crippen LogP contribution >= 0.6 is 0 Å². The Balaban J connectivity index is 2.34. The molecule has 4 nitrogen and oxygen atoms in total. The van der Waals surface area contributed by atoms with E-state index in [1.807, 2.05) is 42.5 Å². The summed E-state index contributed by atoms with van der Waals surface area (Å²) in [5.41, 5.74) is 9.08. The summed E-state index contributed by atoms with van der Waals surface area (Å²) >= 11 is 0. The Bertz CT molecular complexity index is 738. The fourth-order valence-electron chi connectivity index (χ4n) is 2.29. The molecule has 2 aromatic carbocycles. The number of carbonyl (C=O) groups is 1. The van der Waals surface area contributed by atoms with Crippen LogP contribution in [0.1, 0.15) is 26.3 Å². The highest BCUT2D eigenvalue weighted by Crippen LogP contribution is 2.38. The molecule has 134 valence electrons. The number of amides is 1. The van der Waals surface area contributed by atoms with Crippen molar-refractivity contribution in [2.45, 2.75) is 45.5 Å². The van der Waals surface area contributed by atoms with Crippen molar-refractivity contribution in [3.05, 3.63) is 54.1 Å². The molecule has 1 amide bonds. The van der Waals surface area contributed by atoms with Crippen LogP contribution in [0.5, 0.6) is 0 Å². The van der Waals surface area contributed by atoms with Crippen molar-refractivity contribution in [2.24, 2.45) is 0 Å². The number of para-hydroxylation sites is 3. The number of carbonyl (C=O) groups excluding carboxylic acids is 1. The SMILES string of the molecule is CC(C)(C)[Si](C)(C)OCc1ccccc1N(C=O)c1ccccc1N. The van der Waals surface area contributed by atoms with Gasteiger partial charge in [0, 0.05) is 5.56 Å². The number of nitrogens with two attached hydrogens (primary N) is 1. The van der Waals surface area contributed by atoms with Gasteiger partial charge in [-0.2, -0.15) is 0 Å². The topological polar surface area (TPSA) is 55.6 Å². The van der Waals surface area contributed by atoms with Crippen LogP contribution in [-0.4, -0.2) is 14.7 Å². The van der Waals surface area contributed by atoms with Gasteiger partial charge in [-0.1, -0.05) is 51.1 Å². The minimum Gasteiger partial charge on any atom is -0.412 e. The van der Waals surface area contributed by atoms with Crippen molar-refractivity contribution >= 4 is 31.8 Å². The first-order chi connectivity index (χ1) is 11.7. The van der Waals surface area contributed by atoms with Crippen molar-refractivity contribution in [2.75, 3.05) is 10.6 Å². The van der Waals surface area contributed by atoms with E-state index in [1.165, 1.54) is 0 Å². The monoisotopic (exact) mass is 356 g/mol. The van der Waals surface area contributed by atoms with E-state index in [0.29, 0.717) is 18.0 Å². The molecule has 0 atom stereocenters. The molecule has 0 aliphatic rings. The van der Waals surface area contributed by atoms with Crippen LogP contribution in [0.2, 0.25) is 18.1 Å². The summed E-state index contributed by atoms with van der Waals surface area (Å²) in [5, 5.41) is 0.135. The van der Waals surface area contributed by atoms with E-state index in [1.54, 1.807) is 11.0 Å². The van der Waals surface area contributed by atoms with Gasteiger partial charge in [-0.15, -0.1) is 0 Å². The second-order valence-corrected chi connectivity index (χ2v) is 12.5. The molecule has 0 aliphatic carbocycles. The van der Waals surface area contributed by atoms with E-state index in [2.05, 4.69) is 33.9 Å². The van der Waals surface area contributed by atoms with Gasteiger partial charge in [-0.25, -0.2) is 0 Å². The molecule has 0 spiro atoms. The third kappa shape index (κ3) is 4.30. The van der Waals surface area contributed by atoms with E-state index in [4.69, 9.17) is 10.2 Å². The number of nitrogen functional groups attached to an aromatic ring is 1. The standard InChI is InChI=1S/C20H28N2O2Si/c1-20(2,3)25(4,5)24-14-16-10-6-8-12-18(16)22(15-23)19-13-9-7-11-17(19)21/h6-13,15H,14,21H2,1-5H3. The van der Waals surface area contributed by atoms with Crippen LogP contribution in [0.25, 0.3) is 0 Å². The van der Waals surface area contributed by atoms with Gasteiger partial charge in [0.25, 0.3) is 0 Å². The minimum atomic E-state index is -1.88. The lowest BCUT2D eigenvalue weighted by atomic mass is 10.1. The summed E-state index contributed by atoms with van der Waals surface area (Å²) < 4.78 is 6.35. The number of anilines is 3. The molecular weight excluding hydrogens is 328 g/mol. The number of benzene rings is 2. The highest BCUT2D eigenvalue weighted by Gasteiger charge is 2.37. The Labute approximate surface area is 151 Å². The van der Waals surface area contributed by atoms with E-state index in [9.17, 15) is 4.79 Å². The second kappa shape index (κ2) is 7.41. The molecule has 2 aromatic rings.